The van der Waals surface area contributed by atoms with Gasteiger partial charge in [0.05, 0.1) is 11.9 Å². The normalized spacial score (nSPS) is 11.2. The molecule has 0 saturated carbocycles. The predicted octanol–water partition coefficient (Wildman–Crippen LogP) is 3.70. The lowest BCUT2D eigenvalue weighted by atomic mass is 10.1. The molecule has 0 unspecified atom stereocenters. The van der Waals surface area contributed by atoms with Crippen molar-refractivity contribution in [3.8, 4) is 0 Å². The lowest BCUT2D eigenvalue weighted by Gasteiger charge is -2.29. The van der Waals surface area contributed by atoms with Gasteiger partial charge < -0.3 is 10.0 Å². The molecule has 5 heteroatoms. The maximum atomic E-state index is 11.5. The Hall–Kier alpha value is -1.65. The molecule has 0 amide bonds. The molecule has 0 aliphatic rings. The van der Waals surface area contributed by atoms with E-state index in [9.17, 15) is 9.90 Å². The van der Waals surface area contributed by atoms with Crippen LogP contribution in [-0.4, -0.2) is 33.6 Å². The molecular formula is C16H27N3O2. The van der Waals surface area contributed by atoms with Crippen molar-refractivity contribution in [2.24, 2.45) is 0 Å². The molecule has 1 aromatic rings. The van der Waals surface area contributed by atoms with E-state index < -0.39 is 5.97 Å². The Kier molecular flexibility index (Phi) is 6.59. The van der Waals surface area contributed by atoms with Crippen molar-refractivity contribution < 1.29 is 9.90 Å². The van der Waals surface area contributed by atoms with E-state index in [2.05, 4.69) is 35.6 Å². The zero-order valence-corrected chi connectivity index (χ0v) is 13.8. The van der Waals surface area contributed by atoms with Crippen LogP contribution in [0, 0.1) is 0 Å². The summed E-state index contributed by atoms with van der Waals surface area (Å²) in [6.07, 6.45) is 4.98. The van der Waals surface area contributed by atoms with Gasteiger partial charge >= 0.3 is 5.97 Å². The van der Waals surface area contributed by atoms with Crippen LogP contribution in [0.25, 0.3) is 0 Å². The van der Waals surface area contributed by atoms with Gasteiger partial charge in [0, 0.05) is 18.5 Å². The number of nitrogens with zero attached hydrogens (tertiary/aromatic N) is 3. The number of carboxylic acid groups (broad SMARTS) is 1. The lowest BCUT2D eigenvalue weighted by Crippen LogP contribution is -2.33. The second-order valence-electron chi connectivity index (χ2n) is 5.92. The SMILES string of the molecule is CCCCCN(c1cnc(C(C)C)nc1C(=O)O)C(C)C. The average Bonchev–Trinajstić information content (AvgIpc) is 2.42. The first kappa shape index (κ1) is 17.4. The third-order valence-corrected chi connectivity index (χ3v) is 3.44. The van der Waals surface area contributed by atoms with Crippen LogP contribution in [0.2, 0.25) is 0 Å². The molecule has 1 heterocycles. The fourth-order valence-corrected chi connectivity index (χ4v) is 2.22. The number of hydrogen-bond acceptors (Lipinski definition) is 4. The number of aromatic carboxylic acids is 1. The van der Waals surface area contributed by atoms with E-state index in [4.69, 9.17) is 0 Å². The highest BCUT2D eigenvalue weighted by molar-refractivity contribution is 5.92. The van der Waals surface area contributed by atoms with E-state index in [0.717, 1.165) is 25.8 Å². The Morgan fingerprint density at radius 2 is 1.95 bits per heavy atom. The van der Waals surface area contributed by atoms with Gasteiger partial charge in [-0.3, -0.25) is 0 Å². The number of carbonyl (C=O) groups is 1. The van der Waals surface area contributed by atoms with Gasteiger partial charge in [0.25, 0.3) is 0 Å². The van der Waals surface area contributed by atoms with Gasteiger partial charge in [-0.1, -0.05) is 33.6 Å². The second kappa shape index (κ2) is 7.96. The minimum atomic E-state index is -0.990. The molecule has 0 aliphatic carbocycles. The second-order valence-corrected chi connectivity index (χ2v) is 5.92. The van der Waals surface area contributed by atoms with Crippen molar-refractivity contribution in [1.29, 1.82) is 0 Å². The van der Waals surface area contributed by atoms with Crippen molar-refractivity contribution in [2.75, 3.05) is 11.4 Å². The molecule has 21 heavy (non-hydrogen) atoms. The van der Waals surface area contributed by atoms with Crippen LogP contribution < -0.4 is 4.90 Å². The molecule has 0 atom stereocenters. The summed E-state index contributed by atoms with van der Waals surface area (Å²) in [6, 6.07) is 0.216. The molecular weight excluding hydrogens is 266 g/mol. The van der Waals surface area contributed by atoms with Crippen LogP contribution in [-0.2, 0) is 0 Å². The molecule has 5 nitrogen and oxygen atoms in total. The number of rotatable bonds is 8. The summed E-state index contributed by atoms with van der Waals surface area (Å²) < 4.78 is 0. The first-order valence-corrected chi connectivity index (χ1v) is 7.75. The molecule has 0 aromatic carbocycles. The Balaban J connectivity index is 3.14. The monoisotopic (exact) mass is 293 g/mol. The summed E-state index contributed by atoms with van der Waals surface area (Å²) in [4.78, 5) is 22.2. The fourth-order valence-electron chi connectivity index (χ4n) is 2.22. The third kappa shape index (κ3) is 4.69. The minimum Gasteiger partial charge on any atom is -0.476 e. The Labute approximate surface area is 127 Å². The Morgan fingerprint density at radius 1 is 1.29 bits per heavy atom. The van der Waals surface area contributed by atoms with Crippen molar-refractivity contribution in [2.45, 2.75) is 65.8 Å². The van der Waals surface area contributed by atoms with Crippen molar-refractivity contribution in [1.82, 2.24) is 9.97 Å². The van der Waals surface area contributed by atoms with Gasteiger partial charge in [0.1, 0.15) is 5.82 Å². The van der Waals surface area contributed by atoms with Crippen molar-refractivity contribution in [3.05, 3.63) is 17.7 Å². The van der Waals surface area contributed by atoms with Crippen LogP contribution >= 0.6 is 0 Å². The summed E-state index contributed by atoms with van der Waals surface area (Å²) in [6.45, 7) is 11.0. The third-order valence-electron chi connectivity index (χ3n) is 3.44. The van der Waals surface area contributed by atoms with Crippen LogP contribution in [0.5, 0.6) is 0 Å². The zero-order valence-electron chi connectivity index (χ0n) is 13.8. The van der Waals surface area contributed by atoms with Gasteiger partial charge in [-0.2, -0.15) is 0 Å². The standard InChI is InChI=1S/C16H27N3O2/c1-6-7-8-9-19(12(4)5)13-10-17-15(11(2)3)18-14(13)16(20)21/h10-12H,6-9H2,1-5H3,(H,20,21). The molecule has 0 bridgehead atoms. The summed E-state index contributed by atoms with van der Waals surface area (Å²) >= 11 is 0. The van der Waals surface area contributed by atoms with E-state index in [1.54, 1.807) is 6.20 Å². The van der Waals surface area contributed by atoms with Gasteiger partial charge in [-0.05, 0) is 20.3 Å². The van der Waals surface area contributed by atoms with E-state index in [-0.39, 0.29) is 17.7 Å². The van der Waals surface area contributed by atoms with E-state index in [1.807, 2.05) is 13.8 Å². The molecule has 0 spiro atoms. The maximum absolute atomic E-state index is 11.5. The van der Waals surface area contributed by atoms with Crippen molar-refractivity contribution >= 4 is 11.7 Å². The van der Waals surface area contributed by atoms with Gasteiger partial charge in [-0.25, -0.2) is 14.8 Å². The van der Waals surface area contributed by atoms with Gasteiger partial charge in [0.2, 0.25) is 0 Å². The molecule has 0 radical (unpaired) electrons. The highest BCUT2D eigenvalue weighted by atomic mass is 16.4. The van der Waals surface area contributed by atoms with Crippen LogP contribution in [0.3, 0.4) is 0 Å². The largest absolute Gasteiger partial charge is 0.476 e. The topological polar surface area (TPSA) is 66.3 Å². The van der Waals surface area contributed by atoms with Crippen LogP contribution in [0.1, 0.15) is 76.1 Å². The fraction of sp³-hybridized carbons (Fsp3) is 0.688. The lowest BCUT2D eigenvalue weighted by molar-refractivity contribution is 0.0690. The summed E-state index contributed by atoms with van der Waals surface area (Å²) in [5, 5.41) is 9.46. The summed E-state index contributed by atoms with van der Waals surface area (Å²) in [5.74, 6) is -0.298. The van der Waals surface area contributed by atoms with E-state index >= 15 is 0 Å². The Morgan fingerprint density at radius 3 is 2.43 bits per heavy atom. The number of carboxylic acids is 1. The van der Waals surface area contributed by atoms with E-state index in [1.165, 1.54) is 0 Å². The maximum Gasteiger partial charge on any atom is 0.356 e. The average molecular weight is 293 g/mol. The summed E-state index contributed by atoms with van der Waals surface area (Å²) in [7, 11) is 0. The van der Waals surface area contributed by atoms with Crippen LogP contribution in [0.15, 0.2) is 6.20 Å². The number of hydrogen-bond donors (Lipinski definition) is 1. The number of unbranched alkanes of at least 4 members (excludes halogenated alkanes) is 2. The molecule has 0 saturated heterocycles. The number of aromatic nitrogens is 2. The molecule has 1 rings (SSSR count). The molecule has 1 aromatic heterocycles. The molecule has 0 fully saturated rings. The quantitative estimate of drug-likeness (QED) is 0.740. The smallest absolute Gasteiger partial charge is 0.356 e. The van der Waals surface area contributed by atoms with E-state index in [0.29, 0.717) is 11.5 Å². The zero-order chi connectivity index (χ0) is 16.0. The van der Waals surface area contributed by atoms with Gasteiger partial charge in [0.15, 0.2) is 5.69 Å². The Bertz CT molecular complexity index is 473. The van der Waals surface area contributed by atoms with Crippen LogP contribution in [0.4, 0.5) is 5.69 Å². The highest BCUT2D eigenvalue weighted by Crippen LogP contribution is 2.23. The molecule has 0 aliphatic heterocycles. The predicted molar refractivity (Wildman–Crippen MR) is 85.1 cm³/mol. The minimum absolute atomic E-state index is 0.110. The summed E-state index contributed by atoms with van der Waals surface area (Å²) in [5.41, 5.74) is 0.733. The number of anilines is 1. The first-order valence-electron chi connectivity index (χ1n) is 7.75. The van der Waals surface area contributed by atoms with Gasteiger partial charge in [-0.15, -0.1) is 0 Å². The highest BCUT2D eigenvalue weighted by Gasteiger charge is 2.21. The first-order chi connectivity index (χ1) is 9.88. The molecule has 118 valence electrons. The van der Waals surface area contributed by atoms with Crippen molar-refractivity contribution in [3.63, 3.8) is 0 Å². The molecule has 1 N–H and O–H groups in total.